The highest BCUT2D eigenvalue weighted by molar-refractivity contribution is 5.77. The van der Waals surface area contributed by atoms with E-state index in [4.69, 9.17) is 4.74 Å². The second-order valence-corrected chi connectivity index (χ2v) is 9.18. The molecule has 29 heavy (non-hydrogen) atoms. The molecule has 1 amide bonds. The molecule has 2 aromatic rings. The van der Waals surface area contributed by atoms with E-state index in [1.165, 1.54) is 18.4 Å². The van der Waals surface area contributed by atoms with Crippen molar-refractivity contribution in [3.05, 3.63) is 30.6 Å². The quantitative estimate of drug-likeness (QED) is 0.780. The summed E-state index contributed by atoms with van der Waals surface area (Å²) in [5.74, 6) is 0.334. The van der Waals surface area contributed by atoms with E-state index in [1.54, 1.807) is 0 Å². The molecule has 0 bridgehead atoms. The molecule has 3 aliphatic rings. The Morgan fingerprint density at radius 1 is 1.14 bits per heavy atom. The van der Waals surface area contributed by atoms with Crippen LogP contribution in [0.2, 0.25) is 0 Å². The van der Waals surface area contributed by atoms with Crippen molar-refractivity contribution in [2.75, 3.05) is 39.3 Å². The van der Waals surface area contributed by atoms with Crippen molar-refractivity contribution in [1.29, 1.82) is 0 Å². The number of hydrogen-bond acceptors (Lipinski definition) is 4. The lowest BCUT2D eigenvalue weighted by Crippen LogP contribution is -2.53. The Morgan fingerprint density at radius 2 is 2.00 bits per heavy atom. The minimum atomic E-state index is 0.263. The lowest BCUT2D eigenvalue weighted by molar-refractivity contribution is -0.141. The maximum Gasteiger partial charge on any atom is 0.222 e. The van der Waals surface area contributed by atoms with Gasteiger partial charge in [0.25, 0.3) is 0 Å². The maximum absolute atomic E-state index is 12.5. The third-order valence-electron chi connectivity index (χ3n) is 7.30. The van der Waals surface area contributed by atoms with Gasteiger partial charge in [-0.2, -0.15) is 0 Å². The predicted octanol–water partition coefficient (Wildman–Crippen LogP) is 2.92. The van der Waals surface area contributed by atoms with Gasteiger partial charge in [0.2, 0.25) is 5.91 Å². The van der Waals surface area contributed by atoms with Crippen LogP contribution in [0.1, 0.15) is 38.5 Å². The Kier molecular flexibility index (Phi) is 5.31. The summed E-state index contributed by atoms with van der Waals surface area (Å²) in [7, 11) is 0. The van der Waals surface area contributed by atoms with Gasteiger partial charge in [-0.25, -0.2) is 4.98 Å². The Morgan fingerprint density at radius 3 is 2.83 bits per heavy atom. The highest BCUT2D eigenvalue weighted by Crippen LogP contribution is 2.40. The first kappa shape index (κ1) is 19.1. The number of carbonyl (C=O) groups excluding carboxylic acids is 1. The summed E-state index contributed by atoms with van der Waals surface area (Å²) in [5.41, 5.74) is 2.62. The molecule has 6 heteroatoms. The largest absolute Gasteiger partial charge is 0.376 e. The van der Waals surface area contributed by atoms with Crippen LogP contribution < -0.4 is 0 Å². The van der Waals surface area contributed by atoms with Crippen LogP contribution in [0.15, 0.2) is 30.6 Å². The van der Waals surface area contributed by atoms with E-state index in [0.717, 1.165) is 70.7 Å². The van der Waals surface area contributed by atoms with Crippen molar-refractivity contribution >= 4 is 16.9 Å². The molecule has 5 rings (SSSR count). The number of rotatable bonds is 5. The van der Waals surface area contributed by atoms with E-state index < -0.39 is 0 Å². The number of carbonyl (C=O) groups is 1. The zero-order valence-corrected chi connectivity index (χ0v) is 17.3. The Hall–Kier alpha value is -1.92. The van der Waals surface area contributed by atoms with E-state index in [2.05, 4.69) is 37.5 Å². The standard InChI is InChI=1S/C23H32N4O2/c28-22-7-8-23(17-27(22)16-19-4-3-15-29-19)9-11-25(12-10-23)13-14-26-18-24-20-5-1-2-6-21(20)26/h1-2,5-6,18-19H,3-4,7-17H2. The van der Waals surface area contributed by atoms with Crippen molar-refractivity contribution in [2.24, 2.45) is 5.41 Å². The number of imidazole rings is 1. The van der Waals surface area contributed by atoms with Gasteiger partial charge in [-0.1, -0.05) is 12.1 Å². The molecule has 0 N–H and O–H groups in total. The average molecular weight is 397 g/mol. The fraction of sp³-hybridized carbons (Fsp3) is 0.652. The van der Waals surface area contributed by atoms with Crippen LogP contribution in [0.4, 0.5) is 0 Å². The van der Waals surface area contributed by atoms with Gasteiger partial charge in [-0.3, -0.25) is 4.79 Å². The maximum atomic E-state index is 12.5. The highest BCUT2D eigenvalue weighted by atomic mass is 16.5. The molecule has 1 aromatic carbocycles. The summed E-state index contributed by atoms with van der Waals surface area (Å²) >= 11 is 0. The lowest BCUT2D eigenvalue weighted by atomic mass is 9.72. The van der Waals surface area contributed by atoms with Crippen molar-refractivity contribution in [2.45, 2.75) is 51.2 Å². The fourth-order valence-electron chi connectivity index (χ4n) is 5.40. The molecule has 0 saturated carbocycles. The Balaban J connectivity index is 1.15. The van der Waals surface area contributed by atoms with Gasteiger partial charge in [-0.05, 0) is 62.7 Å². The van der Waals surface area contributed by atoms with Crippen molar-refractivity contribution in [3.63, 3.8) is 0 Å². The number of hydrogen-bond donors (Lipinski definition) is 0. The second-order valence-electron chi connectivity index (χ2n) is 9.18. The van der Waals surface area contributed by atoms with Gasteiger partial charge in [0, 0.05) is 39.2 Å². The van der Waals surface area contributed by atoms with Crippen LogP contribution >= 0.6 is 0 Å². The minimum Gasteiger partial charge on any atom is -0.376 e. The van der Waals surface area contributed by atoms with Crippen molar-refractivity contribution < 1.29 is 9.53 Å². The molecule has 0 aliphatic carbocycles. The van der Waals surface area contributed by atoms with Crippen LogP contribution in [-0.4, -0.2) is 70.7 Å². The number of ether oxygens (including phenoxy) is 1. The molecule has 1 atom stereocenters. The smallest absolute Gasteiger partial charge is 0.222 e. The summed E-state index contributed by atoms with van der Waals surface area (Å²) in [6, 6.07) is 8.34. The summed E-state index contributed by atoms with van der Waals surface area (Å²) < 4.78 is 8.05. The van der Waals surface area contributed by atoms with Crippen LogP contribution in [0.3, 0.4) is 0 Å². The normalized spacial score (nSPS) is 25.3. The zero-order chi connectivity index (χ0) is 19.7. The minimum absolute atomic E-state index is 0.263. The Bertz CT molecular complexity index is 849. The molecule has 0 radical (unpaired) electrons. The molecule has 6 nitrogen and oxygen atoms in total. The predicted molar refractivity (Wildman–Crippen MR) is 113 cm³/mol. The first-order valence-electron chi connectivity index (χ1n) is 11.2. The number of benzene rings is 1. The van der Waals surface area contributed by atoms with Crippen molar-refractivity contribution in [1.82, 2.24) is 19.4 Å². The SMILES string of the molecule is O=C1CCC2(CCN(CCn3cnc4ccccc43)CC2)CN1CC1CCCO1. The summed E-state index contributed by atoms with van der Waals surface area (Å²) in [6.45, 7) is 6.91. The van der Waals surface area contributed by atoms with Gasteiger partial charge in [0.1, 0.15) is 0 Å². The van der Waals surface area contributed by atoms with E-state index >= 15 is 0 Å². The number of para-hydroxylation sites is 2. The molecular weight excluding hydrogens is 364 g/mol. The first-order chi connectivity index (χ1) is 14.2. The van der Waals surface area contributed by atoms with E-state index in [-0.39, 0.29) is 6.10 Å². The van der Waals surface area contributed by atoms with Gasteiger partial charge < -0.3 is 19.1 Å². The lowest BCUT2D eigenvalue weighted by Gasteiger charge is -2.48. The number of nitrogens with zero attached hydrogens (tertiary/aromatic N) is 4. The molecule has 4 heterocycles. The van der Waals surface area contributed by atoms with Crippen LogP contribution in [-0.2, 0) is 16.1 Å². The highest BCUT2D eigenvalue weighted by Gasteiger charge is 2.41. The van der Waals surface area contributed by atoms with Crippen LogP contribution in [0, 0.1) is 5.41 Å². The zero-order valence-electron chi connectivity index (χ0n) is 17.3. The third-order valence-corrected chi connectivity index (χ3v) is 7.30. The third kappa shape index (κ3) is 4.05. The average Bonchev–Trinajstić information content (AvgIpc) is 3.41. The van der Waals surface area contributed by atoms with Gasteiger partial charge in [0.15, 0.2) is 0 Å². The molecule has 1 unspecified atom stereocenters. The number of amides is 1. The summed E-state index contributed by atoms with van der Waals surface area (Å²) in [4.78, 5) is 21.7. The first-order valence-corrected chi connectivity index (χ1v) is 11.2. The van der Waals surface area contributed by atoms with Crippen molar-refractivity contribution in [3.8, 4) is 0 Å². The molecule has 1 aromatic heterocycles. The van der Waals surface area contributed by atoms with Crippen LogP contribution in [0.25, 0.3) is 11.0 Å². The monoisotopic (exact) mass is 396 g/mol. The molecule has 1 spiro atoms. The van der Waals surface area contributed by atoms with Crippen LogP contribution in [0.5, 0.6) is 0 Å². The van der Waals surface area contributed by atoms with E-state index in [1.807, 2.05) is 12.4 Å². The molecular formula is C23H32N4O2. The molecule has 3 aliphatic heterocycles. The number of fused-ring (bicyclic) bond motifs is 1. The molecule has 3 saturated heterocycles. The summed E-state index contributed by atoms with van der Waals surface area (Å²) in [5, 5.41) is 0. The molecule has 156 valence electrons. The molecule has 3 fully saturated rings. The Labute approximate surface area is 172 Å². The van der Waals surface area contributed by atoms with Gasteiger partial charge in [0.05, 0.1) is 23.5 Å². The van der Waals surface area contributed by atoms with Gasteiger partial charge >= 0.3 is 0 Å². The second kappa shape index (κ2) is 8.07. The van der Waals surface area contributed by atoms with E-state index in [0.29, 0.717) is 17.7 Å². The summed E-state index contributed by atoms with van der Waals surface area (Å²) in [6.07, 6.45) is 8.65. The topological polar surface area (TPSA) is 50.6 Å². The number of likely N-dealkylation sites (tertiary alicyclic amines) is 2. The fourth-order valence-corrected chi connectivity index (χ4v) is 5.40. The van der Waals surface area contributed by atoms with Gasteiger partial charge in [-0.15, -0.1) is 0 Å². The number of aromatic nitrogens is 2. The van der Waals surface area contributed by atoms with E-state index in [9.17, 15) is 4.79 Å². The number of piperidine rings is 2.